The van der Waals surface area contributed by atoms with E-state index >= 15 is 0 Å². The lowest BCUT2D eigenvalue weighted by Gasteiger charge is -2.35. The third kappa shape index (κ3) is 2.36. The van der Waals surface area contributed by atoms with Gasteiger partial charge in [-0.15, -0.1) is 0 Å². The lowest BCUT2D eigenvalue weighted by molar-refractivity contribution is -0.141. The normalized spacial score (nSPS) is 22.2. The number of rotatable bonds is 1. The molecule has 0 aliphatic carbocycles. The maximum atomic E-state index is 13.1. The molecule has 0 fully saturated rings. The van der Waals surface area contributed by atoms with Crippen LogP contribution in [0.1, 0.15) is 29.4 Å². The van der Waals surface area contributed by atoms with E-state index in [0.29, 0.717) is 11.1 Å². The van der Waals surface area contributed by atoms with Crippen molar-refractivity contribution < 1.29 is 18.0 Å². The Balaban J connectivity index is 2.32. The van der Waals surface area contributed by atoms with Crippen molar-refractivity contribution in [3.63, 3.8) is 0 Å². The van der Waals surface area contributed by atoms with Crippen molar-refractivity contribution >= 4 is 11.7 Å². The van der Waals surface area contributed by atoms with E-state index in [2.05, 4.69) is 15.3 Å². The number of aliphatic imine (C=N–C) groups is 1. The summed E-state index contributed by atoms with van der Waals surface area (Å²) in [5, 5.41) is 2.66. The zero-order valence-corrected chi connectivity index (χ0v) is 13.0. The molecule has 1 amide bonds. The summed E-state index contributed by atoms with van der Waals surface area (Å²) in [4.78, 5) is 20.4. The molecule has 0 spiro atoms. The van der Waals surface area contributed by atoms with Gasteiger partial charge in [-0.05, 0) is 24.6 Å². The molecule has 0 bridgehead atoms. The smallest absolute Gasteiger partial charge is 0.309 e. The highest BCUT2D eigenvalue weighted by molar-refractivity contribution is 6.16. The van der Waals surface area contributed by atoms with Crippen LogP contribution in [-0.2, 0) is 16.4 Å². The van der Waals surface area contributed by atoms with Gasteiger partial charge in [0.25, 0.3) is 0 Å². The molecule has 1 aromatic carbocycles. The number of pyridine rings is 1. The fraction of sp³-hybridized carbons (Fsp3) is 0.235. The standard InChI is InChI=1S/C17H14F3N3O/c1-16(10-6-4-3-5-7-10)13-11(14(21-2)23-15(16)24)8-9-12(22-13)17(18,19)20/h3-9H,1-2H3,(H,21,23,24)/t16-/m1/s1. The number of hydrogen-bond acceptors (Lipinski definition) is 3. The van der Waals surface area contributed by atoms with Gasteiger partial charge in [0.2, 0.25) is 5.91 Å². The van der Waals surface area contributed by atoms with Gasteiger partial charge in [-0.1, -0.05) is 30.3 Å². The third-order valence-electron chi connectivity index (χ3n) is 4.18. The van der Waals surface area contributed by atoms with Crippen LogP contribution in [0.4, 0.5) is 13.2 Å². The average molecular weight is 333 g/mol. The van der Waals surface area contributed by atoms with Crippen molar-refractivity contribution in [1.82, 2.24) is 10.3 Å². The first-order valence-corrected chi connectivity index (χ1v) is 7.21. The fourth-order valence-corrected chi connectivity index (χ4v) is 2.81. The van der Waals surface area contributed by atoms with Crippen molar-refractivity contribution in [2.75, 3.05) is 7.05 Å². The minimum absolute atomic E-state index is 0.0490. The van der Waals surface area contributed by atoms with Gasteiger partial charge in [0, 0.05) is 12.6 Å². The minimum atomic E-state index is -4.59. The largest absolute Gasteiger partial charge is 0.433 e. The number of alkyl halides is 3. The number of carbonyl (C=O) groups excluding carboxylic acids is 1. The molecule has 24 heavy (non-hydrogen) atoms. The molecule has 0 radical (unpaired) electrons. The van der Waals surface area contributed by atoms with E-state index < -0.39 is 23.2 Å². The summed E-state index contributed by atoms with van der Waals surface area (Å²) in [5.41, 5.74) is -1.38. The summed E-state index contributed by atoms with van der Waals surface area (Å²) in [5.74, 6) is -0.252. The predicted molar refractivity (Wildman–Crippen MR) is 82.7 cm³/mol. The van der Waals surface area contributed by atoms with Crippen molar-refractivity contribution in [2.45, 2.75) is 18.5 Å². The number of aromatic nitrogens is 1. The average Bonchev–Trinajstić information content (AvgIpc) is 2.57. The predicted octanol–water partition coefficient (Wildman–Crippen LogP) is 2.91. The molecule has 4 nitrogen and oxygen atoms in total. The highest BCUT2D eigenvalue weighted by Gasteiger charge is 2.46. The fourth-order valence-electron chi connectivity index (χ4n) is 2.81. The molecule has 1 aromatic heterocycles. The van der Waals surface area contributed by atoms with Crippen LogP contribution in [0, 0.1) is 0 Å². The molecular weight excluding hydrogens is 319 g/mol. The van der Waals surface area contributed by atoms with E-state index in [-0.39, 0.29) is 11.5 Å². The molecule has 1 N–H and O–H groups in total. The zero-order chi connectivity index (χ0) is 17.5. The van der Waals surface area contributed by atoms with Gasteiger partial charge in [0.1, 0.15) is 16.9 Å². The van der Waals surface area contributed by atoms with Crippen molar-refractivity contribution in [3.8, 4) is 0 Å². The Hall–Kier alpha value is -2.70. The van der Waals surface area contributed by atoms with Gasteiger partial charge in [-0.25, -0.2) is 4.98 Å². The lowest BCUT2D eigenvalue weighted by Crippen LogP contribution is -2.52. The molecule has 0 unspecified atom stereocenters. The zero-order valence-electron chi connectivity index (χ0n) is 13.0. The SMILES string of the molecule is CN=C1NC(=O)[C@](C)(c2ccccc2)c2nc(C(F)(F)F)ccc21. The van der Waals surface area contributed by atoms with Gasteiger partial charge < -0.3 is 5.32 Å². The topological polar surface area (TPSA) is 54.4 Å². The second-order valence-corrected chi connectivity index (χ2v) is 5.61. The van der Waals surface area contributed by atoms with Crippen LogP contribution >= 0.6 is 0 Å². The van der Waals surface area contributed by atoms with Crippen LogP contribution in [0.15, 0.2) is 47.5 Å². The molecule has 124 valence electrons. The summed E-state index contributed by atoms with van der Waals surface area (Å²) in [6, 6.07) is 10.8. The number of nitrogens with zero attached hydrogens (tertiary/aromatic N) is 2. The first kappa shape index (κ1) is 16.2. The quantitative estimate of drug-likeness (QED) is 0.872. The number of hydrogen-bond donors (Lipinski definition) is 1. The van der Waals surface area contributed by atoms with Gasteiger partial charge in [0.15, 0.2) is 0 Å². The highest BCUT2D eigenvalue weighted by atomic mass is 19.4. The number of nitrogens with one attached hydrogen (secondary N) is 1. The second kappa shape index (κ2) is 5.43. The number of benzene rings is 1. The molecule has 1 aliphatic rings. The van der Waals surface area contributed by atoms with Crippen LogP contribution in [-0.4, -0.2) is 23.8 Å². The van der Waals surface area contributed by atoms with Gasteiger partial charge in [-0.2, -0.15) is 13.2 Å². The van der Waals surface area contributed by atoms with Crippen molar-refractivity contribution in [3.05, 3.63) is 65.0 Å². The van der Waals surface area contributed by atoms with E-state index in [0.717, 1.165) is 6.07 Å². The summed E-state index contributed by atoms with van der Waals surface area (Å²) in [6.07, 6.45) is -4.59. The van der Waals surface area contributed by atoms with Crippen LogP contribution in [0.3, 0.4) is 0 Å². The third-order valence-corrected chi connectivity index (χ3v) is 4.18. The molecule has 2 aromatic rings. The lowest BCUT2D eigenvalue weighted by atomic mass is 9.74. The van der Waals surface area contributed by atoms with E-state index in [1.165, 1.54) is 13.1 Å². The van der Waals surface area contributed by atoms with Crippen LogP contribution in [0.5, 0.6) is 0 Å². The molecule has 1 atom stereocenters. The first-order chi connectivity index (χ1) is 11.3. The molecule has 3 rings (SSSR count). The highest BCUT2D eigenvalue weighted by Crippen LogP contribution is 2.38. The van der Waals surface area contributed by atoms with Gasteiger partial charge >= 0.3 is 6.18 Å². The second-order valence-electron chi connectivity index (χ2n) is 5.61. The Morgan fingerprint density at radius 2 is 1.79 bits per heavy atom. The van der Waals surface area contributed by atoms with Gasteiger partial charge in [0.05, 0.1) is 5.69 Å². The van der Waals surface area contributed by atoms with Crippen LogP contribution in [0.2, 0.25) is 0 Å². The number of halogens is 3. The number of fused-ring (bicyclic) bond motifs is 1. The van der Waals surface area contributed by atoms with Crippen molar-refractivity contribution in [1.29, 1.82) is 0 Å². The van der Waals surface area contributed by atoms with Crippen LogP contribution in [0.25, 0.3) is 0 Å². The van der Waals surface area contributed by atoms with Crippen LogP contribution < -0.4 is 5.32 Å². The Kier molecular flexibility index (Phi) is 3.66. The van der Waals surface area contributed by atoms with E-state index in [1.54, 1.807) is 37.3 Å². The van der Waals surface area contributed by atoms with E-state index in [1.807, 2.05) is 0 Å². The first-order valence-electron chi connectivity index (χ1n) is 7.21. The summed E-state index contributed by atoms with van der Waals surface area (Å²) in [6.45, 7) is 1.57. The maximum absolute atomic E-state index is 13.1. The molecule has 0 saturated carbocycles. The molecule has 2 heterocycles. The van der Waals surface area contributed by atoms with Crippen molar-refractivity contribution in [2.24, 2.45) is 4.99 Å². The summed E-state index contributed by atoms with van der Waals surface area (Å²) in [7, 11) is 1.46. The Labute approximate surface area is 136 Å². The molecule has 0 saturated heterocycles. The minimum Gasteiger partial charge on any atom is -0.309 e. The molecule has 1 aliphatic heterocycles. The Bertz CT molecular complexity index is 831. The number of carbonyl (C=O) groups is 1. The Morgan fingerprint density at radius 3 is 2.38 bits per heavy atom. The number of amides is 1. The molecular formula is C17H14F3N3O. The number of amidine groups is 1. The van der Waals surface area contributed by atoms with E-state index in [9.17, 15) is 18.0 Å². The summed E-state index contributed by atoms with van der Waals surface area (Å²) >= 11 is 0. The monoisotopic (exact) mass is 333 g/mol. The maximum Gasteiger partial charge on any atom is 0.433 e. The Morgan fingerprint density at radius 1 is 1.12 bits per heavy atom. The summed E-state index contributed by atoms with van der Waals surface area (Å²) < 4.78 is 39.3. The van der Waals surface area contributed by atoms with Gasteiger partial charge in [-0.3, -0.25) is 9.79 Å². The van der Waals surface area contributed by atoms with E-state index in [4.69, 9.17) is 0 Å². The molecule has 7 heteroatoms.